The molecular weight excluding hydrogens is 274 g/mol. The van der Waals surface area contributed by atoms with Crippen LogP contribution in [-0.2, 0) is 4.74 Å². The van der Waals surface area contributed by atoms with E-state index < -0.39 is 0 Å². The minimum absolute atomic E-state index is 0.257. The minimum atomic E-state index is -0.257. The lowest BCUT2D eigenvalue weighted by molar-refractivity contribution is 0.0943. The highest BCUT2D eigenvalue weighted by molar-refractivity contribution is 5.92. The number of nitrogens with one attached hydrogen (secondary N) is 2. The highest BCUT2D eigenvalue weighted by Crippen LogP contribution is 2.14. The Bertz CT molecular complexity index is 599. The fourth-order valence-corrected chi connectivity index (χ4v) is 1.62. The number of anilines is 2. The van der Waals surface area contributed by atoms with Crippen LogP contribution in [0.2, 0.25) is 0 Å². The second-order valence-corrected chi connectivity index (χ2v) is 4.34. The molecule has 21 heavy (non-hydrogen) atoms. The van der Waals surface area contributed by atoms with Gasteiger partial charge in [0.25, 0.3) is 5.91 Å². The van der Waals surface area contributed by atoms with Crippen LogP contribution in [0.15, 0.2) is 23.0 Å². The summed E-state index contributed by atoms with van der Waals surface area (Å²) in [7, 11) is 1.62. The molecule has 8 nitrogen and oxygen atoms in total. The van der Waals surface area contributed by atoms with Gasteiger partial charge in [0, 0.05) is 32.4 Å². The molecule has 2 N–H and O–H groups in total. The van der Waals surface area contributed by atoms with E-state index in [2.05, 4.69) is 25.8 Å². The number of aryl methyl sites for hydroxylation is 1. The number of methoxy groups -OCH3 is 1. The number of carbonyl (C=O) groups excluding carboxylic acids is 1. The first-order valence-electron chi connectivity index (χ1n) is 6.48. The van der Waals surface area contributed by atoms with Crippen LogP contribution in [0.1, 0.15) is 22.7 Å². The Hall–Kier alpha value is -2.48. The van der Waals surface area contributed by atoms with Crippen LogP contribution in [-0.4, -0.2) is 41.3 Å². The number of ether oxygens (including phenoxy) is 1. The Morgan fingerprint density at radius 2 is 2.19 bits per heavy atom. The van der Waals surface area contributed by atoms with Gasteiger partial charge in [-0.25, -0.2) is 9.97 Å². The number of rotatable bonds is 7. The molecule has 0 spiro atoms. The van der Waals surface area contributed by atoms with Crippen molar-refractivity contribution in [3.63, 3.8) is 0 Å². The summed E-state index contributed by atoms with van der Waals surface area (Å²) in [4.78, 5) is 19.9. The van der Waals surface area contributed by atoms with E-state index in [1.807, 2.05) is 0 Å². The van der Waals surface area contributed by atoms with Crippen molar-refractivity contribution in [3.8, 4) is 0 Å². The lowest BCUT2D eigenvalue weighted by atomic mass is 10.3. The molecular formula is C13H17N5O3. The molecule has 2 rings (SSSR count). The quantitative estimate of drug-likeness (QED) is 0.741. The van der Waals surface area contributed by atoms with E-state index >= 15 is 0 Å². The Balaban J connectivity index is 1.95. The zero-order valence-corrected chi connectivity index (χ0v) is 11.9. The summed E-state index contributed by atoms with van der Waals surface area (Å²) in [6.45, 7) is 2.92. The number of hydrogen-bond acceptors (Lipinski definition) is 7. The van der Waals surface area contributed by atoms with Crippen molar-refractivity contribution in [2.45, 2.75) is 13.3 Å². The van der Waals surface area contributed by atoms with E-state index in [1.54, 1.807) is 26.2 Å². The van der Waals surface area contributed by atoms with Crippen LogP contribution in [0.3, 0.4) is 0 Å². The van der Waals surface area contributed by atoms with Crippen molar-refractivity contribution in [1.29, 1.82) is 0 Å². The van der Waals surface area contributed by atoms with E-state index in [9.17, 15) is 4.79 Å². The molecule has 1 amide bonds. The van der Waals surface area contributed by atoms with Crippen molar-refractivity contribution in [2.75, 3.05) is 25.6 Å². The summed E-state index contributed by atoms with van der Waals surface area (Å²) in [5, 5.41) is 9.49. The van der Waals surface area contributed by atoms with Gasteiger partial charge in [-0.2, -0.15) is 0 Å². The zero-order valence-electron chi connectivity index (χ0n) is 11.9. The number of aromatic nitrogens is 3. The lowest BCUT2D eigenvalue weighted by Crippen LogP contribution is -2.26. The van der Waals surface area contributed by atoms with Gasteiger partial charge in [-0.1, -0.05) is 5.16 Å². The van der Waals surface area contributed by atoms with Crippen LogP contribution in [0, 0.1) is 6.92 Å². The van der Waals surface area contributed by atoms with Crippen LogP contribution >= 0.6 is 0 Å². The van der Waals surface area contributed by atoms with E-state index in [0.717, 1.165) is 6.42 Å². The normalized spacial score (nSPS) is 10.4. The number of amides is 1. The second-order valence-electron chi connectivity index (χ2n) is 4.34. The maximum Gasteiger partial charge on any atom is 0.270 e. The van der Waals surface area contributed by atoms with Gasteiger partial charge in [-0.15, -0.1) is 0 Å². The molecule has 0 aliphatic carbocycles. The average Bonchev–Trinajstić information content (AvgIpc) is 2.89. The highest BCUT2D eigenvalue weighted by atomic mass is 16.5. The molecule has 2 aromatic heterocycles. The molecule has 0 atom stereocenters. The van der Waals surface area contributed by atoms with Gasteiger partial charge < -0.3 is 19.9 Å². The SMILES string of the molecule is COCCCNC(=O)c1cc(Nc2cc(C)on2)ncn1. The fourth-order valence-electron chi connectivity index (χ4n) is 1.62. The van der Waals surface area contributed by atoms with Crippen molar-refractivity contribution in [1.82, 2.24) is 20.4 Å². The van der Waals surface area contributed by atoms with Crippen LogP contribution in [0.5, 0.6) is 0 Å². The molecule has 112 valence electrons. The standard InChI is InChI=1S/C13H17N5O3/c1-9-6-12(18-21-9)17-11-7-10(15-8-16-11)13(19)14-4-3-5-20-2/h6-8H,3-5H2,1-2H3,(H,14,19)(H,15,16,17,18). The highest BCUT2D eigenvalue weighted by Gasteiger charge is 2.09. The molecule has 0 saturated heterocycles. The molecule has 2 heterocycles. The van der Waals surface area contributed by atoms with Gasteiger partial charge >= 0.3 is 0 Å². The third kappa shape index (κ3) is 4.53. The first-order valence-corrected chi connectivity index (χ1v) is 6.48. The predicted molar refractivity (Wildman–Crippen MR) is 75.4 cm³/mol. The van der Waals surface area contributed by atoms with E-state index in [0.29, 0.717) is 30.5 Å². The van der Waals surface area contributed by atoms with Crippen molar-refractivity contribution in [2.24, 2.45) is 0 Å². The van der Waals surface area contributed by atoms with Gasteiger partial charge in [-0.05, 0) is 13.3 Å². The molecule has 0 aliphatic rings. The van der Waals surface area contributed by atoms with Gasteiger partial charge in [0.05, 0.1) is 0 Å². The van der Waals surface area contributed by atoms with Gasteiger partial charge in [0.2, 0.25) is 0 Å². The predicted octanol–water partition coefficient (Wildman–Crippen LogP) is 1.28. The lowest BCUT2D eigenvalue weighted by Gasteiger charge is -2.05. The van der Waals surface area contributed by atoms with Crippen LogP contribution in [0.4, 0.5) is 11.6 Å². The van der Waals surface area contributed by atoms with Gasteiger partial charge in [0.1, 0.15) is 23.6 Å². The third-order valence-electron chi connectivity index (χ3n) is 2.59. The largest absolute Gasteiger partial charge is 0.385 e. The smallest absolute Gasteiger partial charge is 0.270 e. The molecule has 0 bridgehead atoms. The van der Waals surface area contributed by atoms with E-state index in [4.69, 9.17) is 9.26 Å². The summed E-state index contributed by atoms with van der Waals surface area (Å²) >= 11 is 0. The molecule has 0 fully saturated rings. The van der Waals surface area contributed by atoms with E-state index in [-0.39, 0.29) is 11.6 Å². The Labute approximate surface area is 121 Å². The maximum atomic E-state index is 11.9. The Morgan fingerprint density at radius 1 is 1.33 bits per heavy atom. The Kier molecular flexibility index (Phi) is 5.22. The second kappa shape index (κ2) is 7.34. The minimum Gasteiger partial charge on any atom is -0.385 e. The topological polar surface area (TPSA) is 102 Å². The zero-order chi connectivity index (χ0) is 15.1. The maximum absolute atomic E-state index is 11.9. The monoisotopic (exact) mass is 291 g/mol. The van der Waals surface area contributed by atoms with Crippen molar-refractivity contribution < 1.29 is 14.1 Å². The molecule has 0 unspecified atom stereocenters. The molecule has 0 radical (unpaired) electrons. The molecule has 0 aliphatic heterocycles. The molecule has 8 heteroatoms. The first kappa shape index (κ1) is 14.9. The fraction of sp³-hybridized carbons (Fsp3) is 0.385. The van der Waals surface area contributed by atoms with Crippen molar-refractivity contribution >= 4 is 17.5 Å². The number of carbonyl (C=O) groups is 1. The van der Waals surface area contributed by atoms with Crippen molar-refractivity contribution in [3.05, 3.63) is 29.9 Å². The van der Waals surface area contributed by atoms with Crippen LogP contribution < -0.4 is 10.6 Å². The van der Waals surface area contributed by atoms with Gasteiger partial charge in [0.15, 0.2) is 5.82 Å². The summed E-state index contributed by atoms with van der Waals surface area (Å²) in [6.07, 6.45) is 2.07. The third-order valence-corrected chi connectivity index (χ3v) is 2.59. The number of hydrogen-bond donors (Lipinski definition) is 2. The summed E-state index contributed by atoms with van der Waals surface area (Å²) in [5.74, 6) is 1.42. The average molecular weight is 291 g/mol. The molecule has 0 saturated carbocycles. The first-order chi connectivity index (χ1) is 10.2. The summed E-state index contributed by atoms with van der Waals surface area (Å²) in [6, 6.07) is 3.28. The molecule has 2 aromatic rings. The Morgan fingerprint density at radius 3 is 2.90 bits per heavy atom. The molecule has 0 aromatic carbocycles. The van der Waals surface area contributed by atoms with Crippen LogP contribution in [0.25, 0.3) is 0 Å². The summed E-state index contributed by atoms with van der Waals surface area (Å²) < 4.78 is 9.86. The number of nitrogens with zero attached hydrogens (tertiary/aromatic N) is 3. The van der Waals surface area contributed by atoms with E-state index in [1.165, 1.54) is 6.33 Å². The van der Waals surface area contributed by atoms with Gasteiger partial charge in [-0.3, -0.25) is 4.79 Å². The summed E-state index contributed by atoms with van der Waals surface area (Å²) in [5.41, 5.74) is 0.283.